The lowest BCUT2D eigenvalue weighted by Crippen LogP contribution is -2.05. The minimum Gasteiger partial charge on any atom is -0.383 e. The molecule has 0 aliphatic rings. The lowest BCUT2D eigenvalue weighted by molar-refractivity contribution is -0.386. The highest BCUT2D eigenvalue weighted by molar-refractivity contribution is 5.57. The Morgan fingerprint density at radius 2 is 2.21 bits per heavy atom. The van der Waals surface area contributed by atoms with Gasteiger partial charge >= 0.3 is 0 Å². The maximum absolute atomic E-state index is 12.4. The number of aromatic nitrogens is 1. The van der Waals surface area contributed by atoms with Gasteiger partial charge in [0.1, 0.15) is 11.4 Å². The Balaban J connectivity index is 3.50. The number of hydrogen-bond donors (Lipinski definition) is 1. The number of nitro groups is 1. The molecule has 0 saturated heterocycles. The molecule has 7 heteroatoms. The van der Waals surface area contributed by atoms with Crippen molar-refractivity contribution in [2.75, 3.05) is 5.73 Å². The standard InChI is InChI=1S/C7H7F2N3O2/c1-3-2-11-7(10)4(6(8)9)5(3)12(13)14/h2,6H,1H3,(H2,10,11). The van der Waals surface area contributed by atoms with E-state index >= 15 is 0 Å². The van der Waals surface area contributed by atoms with E-state index in [4.69, 9.17) is 5.73 Å². The molecular formula is C7H7F2N3O2. The highest BCUT2D eigenvalue weighted by Gasteiger charge is 2.27. The smallest absolute Gasteiger partial charge is 0.286 e. The van der Waals surface area contributed by atoms with E-state index in [0.29, 0.717) is 0 Å². The van der Waals surface area contributed by atoms with Crippen LogP contribution in [0.2, 0.25) is 0 Å². The van der Waals surface area contributed by atoms with Gasteiger partial charge in [0, 0.05) is 11.8 Å². The molecule has 0 aliphatic heterocycles. The second-order valence-electron chi connectivity index (χ2n) is 2.65. The van der Waals surface area contributed by atoms with Crippen LogP contribution in [0.5, 0.6) is 0 Å². The third kappa shape index (κ3) is 1.61. The quantitative estimate of drug-likeness (QED) is 0.587. The number of aryl methyl sites for hydroxylation is 1. The number of rotatable bonds is 2. The number of pyridine rings is 1. The van der Waals surface area contributed by atoms with Crippen LogP contribution in [0.4, 0.5) is 20.3 Å². The summed E-state index contributed by atoms with van der Waals surface area (Å²) in [5.41, 5.74) is 3.73. The fourth-order valence-corrected chi connectivity index (χ4v) is 1.09. The maximum Gasteiger partial charge on any atom is 0.286 e. The monoisotopic (exact) mass is 203 g/mol. The predicted molar refractivity (Wildman–Crippen MR) is 45.0 cm³/mol. The number of nitrogens with two attached hydrogens (primary N) is 1. The first-order valence-electron chi connectivity index (χ1n) is 3.62. The molecule has 76 valence electrons. The lowest BCUT2D eigenvalue weighted by atomic mass is 10.1. The largest absolute Gasteiger partial charge is 0.383 e. The van der Waals surface area contributed by atoms with Crippen molar-refractivity contribution in [3.8, 4) is 0 Å². The van der Waals surface area contributed by atoms with Crippen molar-refractivity contribution in [1.82, 2.24) is 4.98 Å². The van der Waals surface area contributed by atoms with E-state index < -0.39 is 28.4 Å². The van der Waals surface area contributed by atoms with Crippen molar-refractivity contribution in [3.05, 3.63) is 27.4 Å². The summed E-state index contributed by atoms with van der Waals surface area (Å²) in [5.74, 6) is -0.502. The number of alkyl halides is 2. The van der Waals surface area contributed by atoms with E-state index in [0.717, 1.165) is 6.20 Å². The van der Waals surface area contributed by atoms with Gasteiger partial charge in [0.2, 0.25) is 0 Å². The summed E-state index contributed by atoms with van der Waals surface area (Å²) in [6.45, 7) is 1.33. The summed E-state index contributed by atoms with van der Waals surface area (Å²) < 4.78 is 24.8. The van der Waals surface area contributed by atoms with Gasteiger partial charge in [-0.15, -0.1) is 0 Å². The molecule has 5 nitrogen and oxygen atoms in total. The second kappa shape index (κ2) is 3.52. The number of nitrogen functional groups attached to an aromatic ring is 1. The van der Waals surface area contributed by atoms with Crippen LogP contribution >= 0.6 is 0 Å². The molecule has 0 bridgehead atoms. The molecule has 0 aromatic carbocycles. The first-order chi connectivity index (χ1) is 6.45. The highest BCUT2D eigenvalue weighted by Crippen LogP contribution is 2.34. The van der Waals surface area contributed by atoms with E-state index in [9.17, 15) is 18.9 Å². The zero-order chi connectivity index (χ0) is 10.9. The molecule has 0 amide bonds. The van der Waals surface area contributed by atoms with E-state index in [1.54, 1.807) is 0 Å². The summed E-state index contributed by atoms with van der Waals surface area (Å²) in [5, 5.41) is 10.5. The average molecular weight is 203 g/mol. The molecule has 0 unspecified atom stereocenters. The van der Waals surface area contributed by atoms with Gasteiger partial charge in [-0.3, -0.25) is 10.1 Å². The normalized spacial score (nSPS) is 10.6. The van der Waals surface area contributed by atoms with Gasteiger partial charge in [-0.2, -0.15) is 0 Å². The molecule has 0 fully saturated rings. The number of nitrogens with zero attached hydrogens (tertiary/aromatic N) is 2. The van der Waals surface area contributed by atoms with Crippen molar-refractivity contribution >= 4 is 11.5 Å². The Kier molecular flexibility index (Phi) is 2.59. The molecular weight excluding hydrogens is 196 g/mol. The lowest BCUT2D eigenvalue weighted by Gasteiger charge is -2.06. The molecule has 0 atom stereocenters. The topological polar surface area (TPSA) is 82.0 Å². The zero-order valence-corrected chi connectivity index (χ0v) is 7.20. The highest BCUT2D eigenvalue weighted by atomic mass is 19.3. The van der Waals surface area contributed by atoms with Crippen LogP contribution < -0.4 is 5.73 Å². The Morgan fingerprint density at radius 3 is 2.57 bits per heavy atom. The first kappa shape index (κ1) is 10.3. The molecule has 0 radical (unpaired) electrons. The first-order valence-corrected chi connectivity index (χ1v) is 3.62. The van der Waals surface area contributed by atoms with Gasteiger partial charge < -0.3 is 5.73 Å². The Bertz CT molecular complexity index is 381. The van der Waals surface area contributed by atoms with Crippen molar-refractivity contribution in [3.63, 3.8) is 0 Å². The van der Waals surface area contributed by atoms with Crippen LogP contribution in [-0.4, -0.2) is 9.91 Å². The second-order valence-corrected chi connectivity index (χ2v) is 2.65. The van der Waals surface area contributed by atoms with Gasteiger partial charge in [0.05, 0.1) is 4.92 Å². The maximum atomic E-state index is 12.4. The SMILES string of the molecule is Cc1cnc(N)c(C(F)F)c1[N+](=O)[O-]. The summed E-state index contributed by atoms with van der Waals surface area (Å²) in [6, 6.07) is 0. The van der Waals surface area contributed by atoms with Crippen LogP contribution in [-0.2, 0) is 0 Å². The fraction of sp³-hybridized carbons (Fsp3) is 0.286. The van der Waals surface area contributed by atoms with E-state index in [2.05, 4.69) is 4.98 Å². The van der Waals surface area contributed by atoms with Crippen molar-refractivity contribution in [1.29, 1.82) is 0 Å². The van der Waals surface area contributed by atoms with Gasteiger partial charge in [-0.1, -0.05) is 0 Å². The summed E-state index contributed by atoms with van der Waals surface area (Å²) >= 11 is 0. The molecule has 1 aromatic rings. The van der Waals surface area contributed by atoms with Gasteiger partial charge in [-0.05, 0) is 6.92 Å². The molecule has 1 aromatic heterocycles. The van der Waals surface area contributed by atoms with Crippen LogP contribution in [0.15, 0.2) is 6.20 Å². The fourth-order valence-electron chi connectivity index (χ4n) is 1.09. The van der Waals surface area contributed by atoms with Crippen molar-refractivity contribution < 1.29 is 13.7 Å². The molecule has 0 saturated carbocycles. The molecule has 0 aliphatic carbocycles. The number of anilines is 1. The molecule has 1 rings (SSSR count). The van der Waals surface area contributed by atoms with Crippen molar-refractivity contribution in [2.24, 2.45) is 0 Å². The minimum atomic E-state index is -3.00. The number of halogens is 2. The summed E-state index contributed by atoms with van der Waals surface area (Å²) in [7, 11) is 0. The Labute approximate surface area is 77.7 Å². The molecule has 14 heavy (non-hydrogen) atoms. The van der Waals surface area contributed by atoms with Gasteiger partial charge in [-0.25, -0.2) is 13.8 Å². The molecule has 0 spiro atoms. The van der Waals surface area contributed by atoms with Crippen LogP contribution in [0, 0.1) is 17.0 Å². The Hall–Kier alpha value is -1.79. The third-order valence-electron chi connectivity index (χ3n) is 1.70. The molecule has 2 N–H and O–H groups in total. The predicted octanol–water partition coefficient (Wildman–Crippen LogP) is 1.82. The van der Waals surface area contributed by atoms with Crippen LogP contribution in [0.1, 0.15) is 17.6 Å². The summed E-state index contributed by atoms with van der Waals surface area (Å²) in [4.78, 5) is 13.0. The Morgan fingerprint density at radius 1 is 1.64 bits per heavy atom. The van der Waals surface area contributed by atoms with Crippen molar-refractivity contribution in [2.45, 2.75) is 13.3 Å². The number of hydrogen-bond acceptors (Lipinski definition) is 4. The summed E-state index contributed by atoms with van der Waals surface area (Å²) in [6.07, 6.45) is -1.90. The van der Waals surface area contributed by atoms with E-state index in [1.165, 1.54) is 6.92 Å². The van der Waals surface area contributed by atoms with Crippen LogP contribution in [0.25, 0.3) is 0 Å². The van der Waals surface area contributed by atoms with Gasteiger partial charge in [0.25, 0.3) is 12.1 Å². The third-order valence-corrected chi connectivity index (χ3v) is 1.70. The molecule has 1 heterocycles. The average Bonchev–Trinajstić information content (AvgIpc) is 2.07. The zero-order valence-electron chi connectivity index (χ0n) is 7.20. The van der Waals surface area contributed by atoms with E-state index in [-0.39, 0.29) is 5.56 Å². The van der Waals surface area contributed by atoms with Crippen LogP contribution in [0.3, 0.4) is 0 Å². The van der Waals surface area contributed by atoms with Gasteiger partial charge in [0.15, 0.2) is 0 Å². The van der Waals surface area contributed by atoms with E-state index in [1.807, 2.05) is 0 Å². The minimum absolute atomic E-state index is 0.0690.